The predicted octanol–water partition coefficient (Wildman–Crippen LogP) is 3.06. The lowest BCUT2D eigenvalue weighted by molar-refractivity contribution is -0.116. The third-order valence-corrected chi connectivity index (χ3v) is 4.48. The van der Waals surface area contributed by atoms with E-state index in [1.165, 1.54) is 19.3 Å². The summed E-state index contributed by atoms with van der Waals surface area (Å²) < 4.78 is 0. The summed E-state index contributed by atoms with van der Waals surface area (Å²) in [7, 11) is 3.68. The van der Waals surface area contributed by atoms with Gasteiger partial charge >= 0.3 is 0 Å². The first kappa shape index (κ1) is 20.5. The second kappa shape index (κ2) is 10.3. The largest absolute Gasteiger partial charge is 0.339 e. The normalized spacial score (nSPS) is 14.6. The summed E-state index contributed by atoms with van der Waals surface area (Å²) in [6.45, 7) is 0.615. The van der Waals surface area contributed by atoms with Crippen molar-refractivity contribution in [2.24, 2.45) is 0 Å². The fraction of sp³-hybridized carbons (Fsp3) is 0.556. The number of amides is 2. The number of benzene rings is 1. The smallest absolute Gasteiger partial charge is 0.255 e. The molecule has 1 saturated carbocycles. The van der Waals surface area contributed by atoms with Crippen LogP contribution in [0.5, 0.6) is 0 Å². The third-order valence-electron chi connectivity index (χ3n) is 4.48. The van der Waals surface area contributed by atoms with Crippen LogP contribution in [0, 0.1) is 0 Å². The van der Waals surface area contributed by atoms with Gasteiger partial charge in [0.1, 0.15) is 0 Å². The van der Waals surface area contributed by atoms with Gasteiger partial charge in [-0.15, -0.1) is 12.4 Å². The topological polar surface area (TPSA) is 61.4 Å². The summed E-state index contributed by atoms with van der Waals surface area (Å²) in [6, 6.07) is 7.56. The van der Waals surface area contributed by atoms with E-state index in [4.69, 9.17) is 0 Å². The van der Waals surface area contributed by atoms with Crippen molar-refractivity contribution < 1.29 is 9.59 Å². The Morgan fingerprint density at radius 2 is 1.83 bits per heavy atom. The maximum Gasteiger partial charge on any atom is 0.255 e. The summed E-state index contributed by atoms with van der Waals surface area (Å²) in [5.41, 5.74) is 1.17. The number of nitrogens with one attached hydrogen (secondary N) is 2. The average Bonchev–Trinajstić information content (AvgIpc) is 2.60. The minimum Gasteiger partial charge on any atom is -0.339 e. The molecule has 1 aliphatic rings. The number of anilines is 1. The van der Waals surface area contributed by atoms with E-state index in [0.717, 1.165) is 12.8 Å². The Morgan fingerprint density at radius 1 is 1.17 bits per heavy atom. The van der Waals surface area contributed by atoms with Gasteiger partial charge in [0.2, 0.25) is 5.91 Å². The molecule has 5 nitrogen and oxygen atoms in total. The predicted molar refractivity (Wildman–Crippen MR) is 99.8 cm³/mol. The van der Waals surface area contributed by atoms with Crippen molar-refractivity contribution in [3.05, 3.63) is 29.8 Å². The molecule has 1 fully saturated rings. The fourth-order valence-electron chi connectivity index (χ4n) is 3.05. The van der Waals surface area contributed by atoms with Gasteiger partial charge in [0.05, 0.1) is 11.3 Å². The summed E-state index contributed by atoms with van der Waals surface area (Å²) in [4.78, 5) is 26.6. The van der Waals surface area contributed by atoms with Crippen LogP contribution < -0.4 is 10.6 Å². The zero-order valence-electron chi connectivity index (χ0n) is 14.5. The van der Waals surface area contributed by atoms with Crippen molar-refractivity contribution in [3.63, 3.8) is 0 Å². The molecule has 24 heavy (non-hydrogen) atoms. The SMILES string of the molecule is CNCCC(=O)Nc1ccccc1C(=O)N(C)C1CCCCC1.Cl. The van der Waals surface area contributed by atoms with Crippen LogP contribution in [0.4, 0.5) is 5.69 Å². The number of nitrogens with zero attached hydrogens (tertiary/aromatic N) is 1. The van der Waals surface area contributed by atoms with Gasteiger partial charge in [0, 0.05) is 26.1 Å². The van der Waals surface area contributed by atoms with Crippen molar-refractivity contribution in [1.82, 2.24) is 10.2 Å². The number of para-hydroxylation sites is 1. The molecule has 0 aromatic heterocycles. The van der Waals surface area contributed by atoms with E-state index in [1.54, 1.807) is 12.1 Å². The zero-order chi connectivity index (χ0) is 16.7. The van der Waals surface area contributed by atoms with Crippen LogP contribution in [0.1, 0.15) is 48.9 Å². The molecule has 2 amide bonds. The zero-order valence-corrected chi connectivity index (χ0v) is 15.3. The number of halogens is 1. The molecule has 1 aliphatic carbocycles. The first-order chi connectivity index (χ1) is 11.1. The highest BCUT2D eigenvalue weighted by Gasteiger charge is 2.24. The lowest BCUT2D eigenvalue weighted by Gasteiger charge is -2.31. The molecular weight excluding hydrogens is 326 g/mol. The Balaban J connectivity index is 0.00000288. The minimum absolute atomic E-state index is 0. The van der Waals surface area contributed by atoms with E-state index < -0.39 is 0 Å². The third kappa shape index (κ3) is 5.49. The number of rotatable bonds is 6. The molecule has 0 heterocycles. The van der Waals surface area contributed by atoms with Crippen LogP contribution in [-0.4, -0.2) is 43.4 Å². The lowest BCUT2D eigenvalue weighted by atomic mass is 9.94. The number of hydrogen-bond acceptors (Lipinski definition) is 3. The summed E-state index contributed by atoms with van der Waals surface area (Å²) in [5.74, 6) is -0.0960. The van der Waals surface area contributed by atoms with Crippen molar-refractivity contribution in [2.45, 2.75) is 44.6 Å². The van der Waals surface area contributed by atoms with E-state index in [-0.39, 0.29) is 24.2 Å². The van der Waals surface area contributed by atoms with Crippen LogP contribution in [0.15, 0.2) is 24.3 Å². The maximum absolute atomic E-state index is 12.8. The van der Waals surface area contributed by atoms with Gasteiger partial charge < -0.3 is 15.5 Å². The molecule has 0 bridgehead atoms. The number of carbonyl (C=O) groups is 2. The fourth-order valence-corrected chi connectivity index (χ4v) is 3.05. The second-order valence-corrected chi connectivity index (χ2v) is 6.16. The number of hydrogen-bond donors (Lipinski definition) is 2. The lowest BCUT2D eigenvalue weighted by Crippen LogP contribution is -2.38. The molecule has 2 rings (SSSR count). The van der Waals surface area contributed by atoms with Crippen molar-refractivity contribution in [2.75, 3.05) is 26.0 Å². The first-order valence-corrected chi connectivity index (χ1v) is 8.44. The Bertz CT molecular complexity index is 545. The highest BCUT2D eigenvalue weighted by atomic mass is 35.5. The van der Waals surface area contributed by atoms with E-state index in [0.29, 0.717) is 30.3 Å². The van der Waals surface area contributed by atoms with E-state index in [1.807, 2.05) is 31.1 Å². The highest BCUT2D eigenvalue weighted by Crippen LogP contribution is 2.25. The van der Waals surface area contributed by atoms with Crippen molar-refractivity contribution >= 4 is 29.9 Å². The monoisotopic (exact) mass is 353 g/mol. The molecule has 0 spiro atoms. The van der Waals surface area contributed by atoms with Crippen LogP contribution in [-0.2, 0) is 4.79 Å². The van der Waals surface area contributed by atoms with E-state index in [2.05, 4.69) is 10.6 Å². The quantitative estimate of drug-likeness (QED) is 0.826. The Labute approximate surface area is 150 Å². The van der Waals surface area contributed by atoms with Crippen LogP contribution in [0.25, 0.3) is 0 Å². The van der Waals surface area contributed by atoms with Crippen molar-refractivity contribution in [3.8, 4) is 0 Å². The highest BCUT2D eigenvalue weighted by molar-refractivity contribution is 6.03. The molecule has 134 valence electrons. The first-order valence-electron chi connectivity index (χ1n) is 8.44. The van der Waals surface area contributed by atoms with Crippen molar-refractivity contribution in [1.29, 1.82) is 0 Å². The van der Waals surface area contributed by atoms with Gasteiger partial charge in [0.25, 0.3) is 5.91 Å². The molecular formula is C18H28ClN3O2. The number of carbonyl (C=O) groups excluding carboxylic acids is 2. The minimum atomic E-state index is -0.0834. The van der Waals surface area contributed by atoms with Gasteiger partial charge in [-0.3, -0.25) is 9.59 Å². The standard InChI is InChI=1S/C18H27N3O2.ClH/c1-19-13-12-17(22)20-16-11-7-6-10-15(16)18(23)21(2)14-8-4-3-5-9-14;/h6-7,10-11,14,19H,3-5,8-9,12-13H2,1-2H3,(H,20,22);1H. The van der Waals surface area contributed by atoms with Gasteiger partial charge in [-0.1, -0.05) is 31.4 Å². The second-order valence-electron chi connectivity index (χ2n) is 6.16. The van der Waals surface area contributed by atoms with Crippen LogP contribution in [0.3, 0.4) is 0 Å². The molecule has 6 heteroatoms. The molecule has 0 radical (unpaired) electrons. The van der Waals surface area contributed by atoms with Crippen LogP contribution >= 0.6 is 12.4 Å². The average molecular weight is 354 g/mol. The Morgan fingerprint density at radius 3 is 2.50 bits per heavy atom. The molecule has 0 atom stereocenters. The van der Waals surface area contributed by atoms with E-state index in [9.17, 15) is 9.59 Å². The molecule has 0 saturated heterocycles. The molecule has 0 unspecified atom stereocenters. The van der Waals surface area contributed by atoms with Gasteiger partial charge in [-0.25, -0.2) is 0 Å². The Hall–Kier alpha value is -1.59. The molecule has 2 N–H and O–H groups in total. The summed E-state index contributed by atoms with van der Waals surface area (Å²) >= 11 is 0. The van der Waals surface area contributed by atoms with Crippen LogP contribution in [0.2, 0.25) is 0 Å². The van der Waals surface area contributed by atoms with Gasteiger partial charge in [0.15, 0.2) is 0 Å². The maximum atomic E-state index is 12.8. The Kier molecular flexibility index (Phi) is 8.79. The van der Waals surface area contributed by atoms with Gasteiger partial charge in [-0.05, 0) is 32.0 Å². The molecule has 0 aliphatic heterocycles. The molecule has 1 aromatic rings. The van der Waals surface area contributed by atoms with E-state index >= 15 is 0 Å². The molecule has 1 aromatic carbocycles. The summed E-state index contributed by atoms with van der Waals surface area (Å²) in [6.07, 6.45) is 6.15. The van der Waals surface area contributed by atoms with Gasteiger partial charge in [-0.2, -0.15) is 0 Å². The summed E-state index contributed by atoms with van der Waals surface area (Å²) in [5, 5.41) is 5.80.